The predicted molar refractivity (Wildman–Crippen MR) is 76.9 cm³/mol. The van der Waals surface area contributed by atoms with E-state index in [4.69, 9.17) is 16.7 Å². The molecule has 0 unspecified atom stereocenters. The monoisotopic (exact) mass is 273 g/mol. The molecule has 0 amide bonds. The summed E-state index contributed by atoms with van der Waals surface area (Å²) in [4.78, 5) is 14.0. The second-order valence-corrected chi connectivity index (χ2v) is 5.13. The number of carbonyl (C=O) groups is 1. The zero-order valence-electron chi connectivity index (χ0n) is 10.3. The number of hydrogen-bond donors (Lipinski definition) is 2. The maximum absolute atomic E-state index is 10.7. The molecule has 3 rings (SSSR count). The van der Waals surface area contributed by atoms with Gasteiger partial charge in [-0.15, -0.1) is 0 Å². The van der Waals surface area contributed by atoms with Crippen molar-refractivity contribution in [2.24, 2.45) is 0 Å². The molecule has 96 valence electrons. The van der Waals surface area contributed by atoms with Gasteiger partial charge in [0.25, 0.3) is 0 Å². The van der Waals surface area contributed by atoms with Crippen molar-refractivity contribution in [2.45, 2.75) is 13.3 Å². The van der Waals surface area contributed by atoms with Crippen LogP contribution in [0.4, 0.5) is 0 Å². The Labute approximate surface area is 114 Å². The van der Waals surface area contributed by atoms with Gasteiger partial charge in [-0.2, -0.15) is 0 Å². The topological polar surface area (TPSA) is 53.1 Å². The number of aliphatic carboxylic acids is 1. The molecular weight excluding hydrogens is 262 g/mol. The van der Waals surface area contributed by atoms with E-state index in [2.05, 4.69) is 4.98 Å². The highest BCUT2D eigenvalue weighted by molar-refractivity contribution is 6.32. The Morgan fingerprint density at radius 2 is 1.95 bits per heavy atom. The van der Waals surface area contributed by atoms with Gasteiger partial charge in [0.05, 0.1) is 6.42 Å². The van der Waals surface area contributed by atoms with E-state index in [-0.39, 0.29) is 6.42 Å². The molecule has 0 aliphatic carbocycles. The molecule has 19 heavy (non-hydrogen) atoms. The second kappa shape index (κ2) is 4.28. The fourth-order valence-electron chi connectivity index (χ4n) is 2.37. The minimum absolute atomic E-state index is 0.0328. The Hall–Kier alpha value is -2.00. The molecular formula is C15H12ClNO2. The van der Waals surface area contributed by atoms with Crippen LogP contribution in [0.15, 0.2) is 30.3 Å². The van der Waals surface area contributed by atoms with Crippen LogP contribution in [0, 0.1) is 6.92 Å². The van der Waals surface area contributed by atoms with E-state index in [9.17, 15) is 4.79 Å². The number of aromatic nitrogens is 1. The molecule has 0 fully saturated rings. The fraction of sp³-hybridized carbons (Fsp3) is 0.133. The van der Waals surface area contributed by atoms with Crippen LogP contribution in [-0.2, 0) is 11.2 Å². The first-order chi connectivity index (χ1) is 9.04. The minimum atomic E-state index is -0.825. The first kappa shape index (κ1) is 12.1. The summed E-state index contributed by atoms with van der Waals surface area (Å²) in [6.45, 7) is 1.96. The Morgan fingerprint density at radius 1 is 1.21 bits per heavy atom. The summed E-state index contributed by atoms with van der Waals surface area (Å²) in [5.74, 6) is -0.825. The van der Waals surface area contributed by atoms with Gasteiger partial charge in [0.15, 0.2) is 0 Å². The van der Waals surface area contributed by atoms with Gasteiger partial charge in [-0.3, -0.25) is 4.79 Å². The third-order valence-electron chi connectivity index (χ3n) is 3.30. The van der Waals surface area contributed by atoms with Gasteiger partial charge in [-0.05, 0) is 36.2 Å². The highest BCUT2D eigenvalue weighted by atomic mass is 35.5. The van der Waals surface area contributed by atoms with Crippen LogP contribution in [0.5, 0.6) is 0 Å². The van der Waals surface area contributed by atoms with Crippen LogP contribution >= 0.6 is 11.6 Å². The Bertz CT molecular complexity index is 805. The van der Waals surface area contributed by atoms with Crippen LogP contribution in [0.2, 0.25) is 5.02 Å². The molecule has 0 spiro atoms. The molecule has 4 heteroatoms. The van der Waals surface area contributed by atoms with Crippen molar-refractivity contribution in [1.82, 2.24) is 4.98 Å². The standard InChI is InChI=1S/C15H12ClNO2/c1-8-4-13-11(7-12(8)16)10-3-2-9(6-15(18)19)5-14(10)17-13/h2-5,7,17H,6H2,1H3,(H,18,19). The van der Waals surface area contributed by atoms with Crippen molar-refractivity contribution in [2.75, 3.05) is 0 Å². The SMILES string of the molecule is Cc1cc2[nH]c3cc(CC(=O)O)ccc3c2cc1Cl. The molecule has 0 aliphatic rings. The number of halogens is 1. The molecule has 0 radical (unpaired) electrons. The lowest BCUT2D eigenvalue weighted by Crippen LogP contribution is -1.99. The van der Waals surface area contributed by atoms with Gasteiger partial charge >= 0.3 is 5.97 Å². The number of H-pyrrole nitrogens is 1. The van der Waals surface area contributed by atoms with Crippen molar-refractivity contribution in [3.63, 3.8) is 0 Å². The van der Waals surface area contributed by atoms with E-state index >= 15 is 0 Å². The van der Waals surface area contributed by atoms with E-state index in [0.717, 1.165) is 38.0 Å². The third-order valence-corrected chi connectivity index (χ3v) is 3.70. The summed E-state index contributed by atoms with van der Waals surface area (Å²) in [5.41, 5.74) is 3.76. The highest BCUT2D eigenvalue weighted by Gasteiger charge is 2.08. The second-order valence-electron chi connectivity index (χ2n) is 4.72. The zero-order valence-corrected chi connectivity index (χ0v) is 11.1. The summed E-state index contributed by atoms with van der Waals surface area (Å²) in [6.07, 6.45) is 0.0328. The van der Waals surface area contributed by atoms with E-state index in [0.29, 0.717) is 0 Å². The number of hydrogen-bond acceptors (Lipinski definition) is 1. The maximum atomic E-state index is 10.7. The predicted octanol–water partition coefficient (Wildman–Crippen LogP) is 3.91. The fourth-order valence-corrected chi connectivity index (χ4v) is 2.53. The van der Waals surface area contributed by atoms with E-state index in [1.54, 1.807) is 0 Å². The van der Waals surface area contributed by atoms with E-state index in [1.165, 1.54) is 0 Å². The molecule has 0 saturated carbocycles. The number of aryl methyl sites for hydroxylation is 1. The van der Waals surface area contributed by atoms with Crippen LogP contribution in [0.1, 0.15) is 11.1 Å². The van der Waals surface area contributed by atoms with E-state index in [1.807, 2.05) is 37.3 Å². The van der Waals surface area contributed by atoms with Gasteiger partial charge in [-0.25, -0.2) is 0 Å². The van der Waals surface area contributed by atoms with Crippen LogP contribution in [0.3, 0.4) is 0 Å². The Balaban J connectivity index is 2.25. The van der Waals surface area contributed by atoms with Crippen molar-refractivity contribution in [3.8, 4) is 0 Å². The van der Waals surface area contributed by atoms with Gasteiger partial charge in [0.1, 0.15) is 0 Å². The van der Waals surface area contributed by atoms with Crippen molar-refractivity contribution in [3.05, 3.63) is 46.5 Å². The Kier molecular flexibility index (Phi) is 2.72. The molecule has 0 saturated heterocycles. The number of fused-ring (bicyclic) bond motifs is 3. The zero-order chi connectivity index (χ0) is 13.6. The van der Waals surface area contributed by atoms with Crippen LogP contribution in [0.25, 0.3) is 21.8 Å². The molecule has 1 heterocycles. The summed E-state index contributed by atoms with van der Waals surface area (Å²) >= 11 is 6.15. The van der Waals surface area contributed by atoms with Gasteiger partial charge < -0.3 is 10.1 Å². The number of carboxylic acids is 1. The lowest BCUT2D eigenvalue weighted by Gasteiger charge is -1.98. The molecule has 2 N–H and O–H groups in total. The molecule has 0 aliphatic heterocycles. The number of nitrogens with one attached hydrogen (secondary N) is 1. The average molecular weight is 274 g/mol. The molecule has 0 bridgehead atoms. The molecule has 3 aromatic rings. The average Bonchev–Trinajstić information content (AvgIpc) is 2.66. The van der Waals surface area contributed by atoms with Gasteiger partial charge in [-0.1, -0.05) is 23.7 Å². The first-order valence-electron chi connectivity index (χ1n) is 5.97. The quantitative estimate of drug-likeness (QED) is 0.744. The molecule has 2 aromatic carbocycles. The summed E-state index contributed by atoms with van der Waals surface area (Å²) in [6, 6.07) is 9.62. The largest absolute Gasteiger partial charge is 0.481 e. The Morgan fingerprint density at radius 3 is 2.68 bits per heavy atom. The summed E-state index contributed by atoms with van der Waals surface area (Å²) in [5, 5.41) is 11.7. The summed E-state index contributed by atoms with van der Waals surface area (Å²) in [7, 11) is 0. The number of carboxylic acid groups (broad SMARTS) is 1. The first-order valence-corrected chi connectivity index (χ1v) is 6.34. The normalized spacial score (nSPS) is 11.3. The number of benzene rings is 2. The summed E-state index contributed by atoms with van der Waals surface area (Å²) < 4.78 is 0. The molecule has 0 atom stereocenters. The minimum Gasteiger partial charge on any atom is -0.481 e. The van der Waals surface area contributed by atoms with Crippen molar-refractivity contribution >= 4 is 39.4 Å². The van der Waals surface area contributed by atoms with Crippen LogP contribution in [-0.4, -0.2) is 16.1 Å². The maximum Gasteiger partial charge on any atom is 0.307 e. The van der Waals surface area contributed by atoms with Crippen LogP contribution < -0.4 is 0 Å². The van der Waals surface area contributed by atoms with Gasteiger partial charge in [0.2, 0.25) is 0 Å². The lowest BCUT2D eigenvalue weighted by atomic mass is 10.1. The van der Waals surface area contributed by atoms with Gasteiger partial charge in [0, 0.05) is 26.8 Å². The smallest absolute Gasteiger partial charge is 0.307 e. The molecule has 3 nitrogen and oxygen atoms in total. The third kappa shape index (κ3) is 2.06. The van der Waals surface area contributed by atoms with E-state index < -0.39 is 5.97 Å². The number of rotatable bonds is 2. The van der Waals surface area contributed by atoms with Crippen molar-refractivity contribution < 1.29 is 9.90 Å². The van der Waals surface area contributed by atoms with Crippen molar-refractivity contribution in [1.29, 1.82) is 0 Å². The lowest BCUT2D eigenvalue weighted by molar-refractivity contribution is -0.136. The highest BCUT2D eigenvalue weighted by Crippen LogP contribution is 2.30. The number of aromatic amines is 1. The molecule has 1 aromatic heterocycles.